The summed E-state index contributed by atoms with van der Waals surface area (Å²) in [4.78, 5) is 29.1. The van der Waals surface area contributed by atoms with Gasteiger partial charge in [0.25, 0.3) is 5.56 Å². The summed E-state index contributed by atoms with van der Waals surface area (Å²) in [7, 11) is 0. The van der Waals surface area contributed by atoms with Crippen LogP contribution in [-0.4, -0.2) is 19.9 Å². The molecule has 0 saturated carbocycles. The number of aryl methyl sites for hydroxylation is 2. The predicted octanol–water partition coefficient (Wildman–Crippen LogP) is 3.87. The second-order valence-corrected chi connectivity index (χ2v) is 7.60. The number of hydrogen-bond donors (Lipinski definition) is 0. The number of rotatable bonds is 7. The maximum atomic E-state index is 12.5. The van der Waals surface area contributed by atoms with Gasteiger partial charge in [-0.05, 0) is 56.5 Å². The average molecular weight is 418 g/mol. The Morgan fingerprint density at radius 2 is 2.03 bits per heavy atom. The van der Waals surface area contributed by atoms with E-state index in [0.29, 0.717) is 11.3 Å². The topological polar surface area (TPSA) is 89.4 Å². The summed E-state index contributed by atoms with van der Waals surface area (Å²) in [6.07, 6.45) is 5.40. The SMILES string of the molecule is CCCCn1c(C)cc(/C=C(\C#N)C(=O)OCc2cc(=O)n3cc(C)ccc3n2)c1C. The maximum Gasteiger partial charge on any atom is 0.349 e. The Kier molecular flexibility index (Phi) is 6.71. The molecule has 0 amide bonds. The molecule has 0 radical (unpaired) electrons. The van der Waals surface area contributed by atoms with Gasteiger partial charge in [0.2, 0.25) is 0 Å². The first-order chi connectivity index (χ1) is 14.8. The summed E-state index contributed by atoms with van der Waals surface area (Å²) in [5.41, 5.74) is 4.30. The first-order valence-electron chi connectivity index (χ1n) is 10.3. The zero-order valence-electron chi connectivity index (χ0n) is 18.3. The molecule has 0 aliphatic heterocycles. The van der Waals surface area contributed by atoms with Crippen LogP contribution in [0.4, 0.5) is 0 Å². The van der Waals surface area contributed by atoms with Crippen LogP contribution in [0.3, 0.4) is 0 Å². The van der Waals surface area contributed by atoms with Gasteiger partial charge < -0.3 is 9.30 Å². The van der Waals surface area contributed by atoms with Crippen molar-refractivity contribution < 1.29 is 9.53 Å². The van der Waals surface area contributed by atoms with Crippen LogP contribution in [0.5, 0.6) is 0 Å². The van der Waals surface area contributed by atoms with Gasteiger partial charge in [-0.3, -0.25) is 9.20 Å². The van der Waals surface area contributed by atoms with Crippen molar-refractivity contribution >= 4 is 17.7 Å². The molecule has 7 nitrogen and oxygen atoms in total. The highest BCUT2D eigenvalue weighted by Gasteiger charge is 2.15. The van der Waals surface area contributed by atoms with Crippen LogP contribution in [0.2, 0.25) is 0 Å². The molecule has 0 saturated heterocycles. The molecule has 160 valence electrons. The van der Waals surface area contributed by atoms with Crippen molar-refractivity contribution in [3.05, 3.63) is 74.6 Å². The van der Waals surface area contributed by atoms with Crippen LogP contribution < -0.4 is 5.56 Å². The highest BCUT2D eigenvalue weighted by atomic mass is 16.5. The molecule has 3 heterocycles. The number of fused-ring (bicyclic) bond motifs is 1. The van der Waals surface area contributed by atoms with E-state index < -0.39 is 5.97 Å². The number of esters is 1. The van der Waals surface area contributed by atoms with E-state index in [1.165, 1.54) is 10.5 Å². The van der Waals surface area contributed by atoms with Crippen LogP contribution in [0.1, 0.15) is 48.0 Å². The first-order valence-corrected chi connectivity index (χ1v) is 10.3. The minimum atomic E-state index is -0.744. The van der Waals surface area contributed by atoms with Crippen LogP contribution >= 0.6 is 0 Å². The van der Waals surface area contributed by atoms with Gasteiger partial charge in [0, 0.05) is 30.2 Å². The molecule has 3 aromatic rings. The maximum absolute atomic E-state index is 12.5. The highest BCUT2D eigenvalue weighted by molar-refractivity contribution is 5.98. The lowest BCUT2D eigenvalue weighted by atomic mass is 10.1. The third-order valence-electron chi connectivity index (χ3n) is 5.20. The Balaban J connectivity index is 1.78. The largest absolute Gasteiger partial charge is 0.455 e. The fourth-order valence-corrected chi connectivity index (χ4v) is 3.48. The van der Waals surface area contributed by atoms with E-state index in [0.717, 1.165) is 41.9 Å². The van der Waals surface area contributed by atoms with E-state index in [1.807, 2.05) is 39.0 Å². The number of hydrogen-bond acceptors (Lipinski definition) is 5. The monoisotopic (exact) mass is 418 g/mol. The summed E-state index contributed by atoms with van der Waals surface area (Å²) >= 11 is 0. The van der Waals surface area contributed by atoms with E-state index in [1.54, 1.807) is 18.3 Å². The van der Waals surface area contributed by atoms with Crippen LogP contribution in [0.25, 0.3) is 11.7 Å². The molecule has 7 heteroatoms. The molecule has 0 unspecified atom stereocenters. The van der Waals surface area contributed by atoms with Crippen LogP contribution in [0, 0.1) is 32.1 Å². The normalized spacial score (nSPS) is 11.5. The number of aromatic nitrogens is 3. The average Bonchev–Trinajstić information content (AvgIpc) is 3.01. The van der Waals surface area contributed by atoms with Gasteiger partial charge in [0.15, 0.2) is 0 Å². The van der Waals surface area contributed by atoms with Gasteiger partial charge in [-0.1, -0.05) is 19.4 Å². The summed E-state index contributed by atoms with van der Waals surface area (Å²) < 4.78 is 8.90. The molecular formula is C24H26N4O3. The number of unbranched alkanes of at least 4 members (excludes halogenated alkanes) is 1. The van der Waals surface area contributed by atoms with E-state index >= 15 is 0 Å². The third-order valence-corrected chi connectivity index (χ3v) is 5.20. The molecule has 0 aliphatic rings. The standard InChI is InChI=1S/C24H26N4O3/c1-5-6-9-27-17(3)10-19(18(27)4)11-20(13-25)24(30)31-15-21-12-23(29)28-14-16(2)7-8-22(28)26-21/h7-8,10-12,14H,5-6,9,15H2,1-4H3/b20-11+. The summed E-state index contributed by atoms with van der Waals surface area (Å²) in [5, 5.41) is 9.48. The lowest BCUT2D eigenvalue weighted by molar-refractivity contribution is -0.139. The second kappa shape index (κ2) is 9.43. The van der Waals surface area contributed by atoms with Gasteiger partial charge in [-0.15, -0.1) is 0 Å². The Morgan fingerprint density at radius 1 is 1.26 bits per heavy atom. The Bertz CT molecular complexity index is 1260. The van der Waals surface area contributed by atoms with Gasteiger partial charge in [0.05, 0.1) is 5.69 Å². The molecule has 31 heavy (non-hydrogen) atoms. The van der Waals surface area contributed by atoms with Crippen molar-refractivity contribution in [1.29, 1.82) is 5.26 Å². The van der Waals surface area contributed by atoms with E-state index in [-0.39, 0.29) is 17.7 Å². The van der Waals surface area contributed by atoms with E-state index in [4.69, 9.17) is 4.74 Å². The fourth-order valence-electron chi connectivity index (χ4n) is 3.48. The Labute approximate surface area is 181 Å². The van der Waals surface area contributed by atoms with Crippen molar-refractivity contribution in [3.8, 4) is 6.07 Å². The first kappa shape index (κ1) is 22.0. The van der Waals surface area contributed by atoms with Crippen molar-refractivity contribution in [2.24, 2.45) is 0 Å². The molecule has 0 fully saturated rings. The van der Waals surface area contributed by atoms with E-state index in [2.05, 4.69) is 16.5 Å². The molecular weight excluding hydrogens is 392 g/mol. The Hall–Kier alpha value is -3.66. The quantitative estimate of drug-likeness (QED) is 0.330. The lowest BCUT2D eigenvalue weighted by Gasteiger charge is -2.08. The third kappa shape index (κ3) is 4.92. The Morgan fingerprint density at radius 3 is 2.74 bits per heavy atom. The second-order valence-electron chi connectivity index (χ2n) is 7.60. The molecule has 0 aromatic carbocycles. The van der Waals surface area contributed by atoms with E-state index in [9.17, 15) is 14.9 Å². The molecule has 0 N–H and O–H groups in total. The minimum absolute atomic E-state index is 0.0936. The number of nitriles is 1. The van der Waals surface area contributed by atoms with Gasteiger partial charge in [-0.25, -0.2) is 9.78 Å². The minimum Gasteiger partial charge on any atom is -0.455 e. The highest BCUT2D eigenvalue weighted by Crippen LogP contribution is 2.19. The predicted molar refractivity (Wildman–Crippen MR) is 118 cm³/mol. The number of nitrogens with zero attached hydrogens (tertiary/aromatic N) is 4. The fraction of sp³-hybridized carbons (Fsp3) is 0.333. The molecule has 0 atom stereocenters. The van der Waals surface area contributed by atoms with Crippen molar-refractivity contribution in [2.75, 3.05) is 0 Å². The van der Waals surface area contributed by atoms with Crippen LogP contribution in [0.15, 0.2) is 40.8 Å². The molecule has 0 aliphatic carbocycles. The van der Waals surface area contributed by atoms with Gasteiger partial charge >= 0.3 is 5.97 Å². The summed E-state index contributed by atoms with van der Waals surface area (Å²) in [5.74, 6) is -0.744. The molecule has 0 bridgehead atoms. The number of carbonyl (C=O) groups excluding carboxylic acids is 1. The number of pyridine rings is 1. The van der Waals surface area contributed by atoms with Gasteiger partial charge in [0.1, 0.15) is 23.9 Å². The molecule has 0 spiro atoms. The number of ether oxygens (including phenoxy) is 1. The van der Waals surface area contributed by atoms with Crippen molar-refractivity contribution in [1.82, 2.24) is 14.0 Å². The molecule has 3 rings (SSSR count). The smallest absolute Gasteiger partial charge is 0.349 e. The lowest BCUT2D eigenvalue weighted by Crippen LogP contribution is -2.17. The van der Waals surface area contributed by atoms with Crippen molar-refractivity contribution in [3.63, 3.8) is 0 Å². The summed E-state index contributed by atoms with van der Waals surface area (Å²) in [6, 6.07) is 8.80. The number of carbonyl (C=O) groups is 1. The zero-order chi connectivity index (χ0) is 22.5. The van der Waals surface area contributed by atoms with Crippen molar-refractivity contribution in [2.45, 2.75) is 53.7 Å². The zero-order valence-corrected chi connectivity index (χ0v) is 18.3. The van der Waals surface area contributed by atoms with Gasteiger partial charge in [-0.2, -0.15) is 5.26 Å². The molecule has 3 aromatic heterocycles. The summed E-state index contributed by atoms with van der Waals surface area (Å²) in [6.45, 7) is 8.72. The van der Waals surface area contributed by atoms with Crippen LogP contribution in [-0.2, 0) is 22.7 Å².